The van der Waals surface area contributed by atoms with Gasteiger partial charge in [-0.15, -0.1) is 0 Å². The predicted octanol–water partition coefficient (Wildman–Crippen LogP) is 3.24. The summed E-state index contributed by atoms with van der Waals surface area (Å²) in [5.74, 6) is 0.203. The number of furan rings is 1. The summed E-state index contributed by atoms with van der Waals surface area (Å²) < 4.78 is 13.0. The Morgan fingerprint density at radius 2 is 2.07 bits per heavy atom. The van der Waals surface area contributed by atoms with Crippen molar-refractivity contribution in [3.8, 4) is 11.5 Å². The van der Waals surface area contributed by atoms with E-state index in [-0.39, 0.29) is 11.5 Å². The summed E-state index contributed by atoms with van der Waals surface area (Å²) in [5, 5.41) is 16.5. The molecular formula is C19H15N3O5. The smallest absolute Gasteiger partial charge is 0.337 e. The fraction of sp³-hybridized carbons (Fsp3) is 0.105. The first kappa shape index (κ1) is 16.6. The zero-order chi connectivity index (χ0) is 19.1. The van der Waals surface area contributed by atoms with Crippen molar-refractivity contribution >= 4 is 28.4 Å². The monoisotopic (exact) mass is 365 g/mol. The molecule has 0 aliphatic heterocycles. The Hall–Kier alpha value is -3.81. The van der Waals surface area contributed by atoms with Gasteiger partial charge in [-0.3, -0.25) is 4.79 Å². The van der Waals surface area contributed by atoms with E-state index in [1.54, 1.807) is 38.2 Å². The average Bonchev–Trinajstić information content (AvgIpc) is 3.22. The molecule has 27 heavy (non-hydrogen) atoms. The van der Waals surface area contributed by atoms with Crippen molar-refractivity contribution < 1.29 is 23.8 Å². The molecule has 0 atom stereocenters. The number of aryl methyl sites for hydroxylation is 1. The molecule has 1 aromatic carbocycles. The predicted molar refractivity (Wildman–Crippen MR) is 96.6 cm³/mol. The van der Waals surface area contributed by atoms with Gasteiger partial charge < -0.3 is 19.6 Å². The molecule has 1 amide bonds. The van der Waals surface area contributed by atoms with Crippen molar-refractivity contribution in [2.24, 2.45) is 0 Å². The van der Waals surface area contributed by atoms with Gasteiger partial charge in [-0.05, 0) is 25.1 Å². The second-order valence-corrected chi connectivity index (χ2v) is 5.93. The van der Waals surface area contributed by atoms with Gasteiger partial charge in [0.1, 0.15) is 22.6 Å². The third kappa shape index (κ3) is 2.77. The van der Waals surface area contributed by atoms with Crippen LogP contribution >= 0.6 is 0 Å². The van der Waals surface area contributed by atoms with Crippen molar-refractivity contribution in [2.75, 3.05) is 7.05 Å². The second-order valence-electron chi connectivity index (χ2n) is 5.93. The summed E-state index contributed by atoms with van der Waals surface area (Å²) in [7, 11) is 1.57. The van der Waals surface area contributed by atoms with Crippen molar-refractivity contribution in [1.29, 1.82) is 0 Å². The number of nitrogens with one attached hydrogen (secondary N) is 1. The van der Waals surface area contributed by atoms with Crippen LogP contribution in [0.25, 0.3) is 16.5 Å². The van der Waals surface area contributed by atoms with Gasteiger partial charge in [0.15, 0.2) is 5.75 Å². The number of ether oxygens (including phenoxy) is 1. The number of fused-ring (bicyclic) bond motifs is 2. The number of carboxylic acid groups (broad SMARTS) is 1. The summed E-state index contributed by atoms with van der Waals surface area (Å²) in [6.07, 6.45) is 2.94. The number of aromatic carboxylic acids is 1. The highest BCUT2D eigenvalue weighted by Crippen LogP contribution is 2.32. The van der Waals surface area contributed by atoms with Crippen LogP contribution in [0.2, 0.25) is 0 Å². The molecule has 0 bridgehead atoms. The van der Waals surface area contributed by atoms with E-state index in [2.05, 4.69) is 10.4 Å². The van der Waals surface area contributed by atoms with Gasteiger partial charge in [0.25, 0.3) is 5.91 Å². The summed E-state index contributed by atoms with van der Waals surface area (Å²) in [6, 6.07) is 8.30. The van der Waals surface area contributed by atoms with Gasteiger partial charge in [-0.2, -0.15) is 5.10 Å². The van der Waals surface area contributed by atoms with Crippen LogP contribution in [0.1, 0.15) is 26.5 Å². The van der Waals surface area contributed by atoms with Crippen LogP contribution in [0.3, 0.4) is 0 Å². The standard InChI is InChI=1S/C19H15N3O5/c1-10-17(18(23)20-2)13-4-3-12(8-16(13)26-10)27-15-5-6-21-22-9-11(19(24)25)7-14(15)22/h3-9H,1-2H3,(H,20,23)(H,24,25). The van der Waals surface area contributed by atoms with Gasteiger partial charge in [0, 0.05) is 30.8 Å². The fourth-order valence-corrected chi connectivity index (χ4v) is 2.99. The molecule has 8 nitrogen and oxygen atoms in total. The third-order valence-corrected chi connectivity index (χ3v) is 4.24. The normalized spacial score (nSPS) is 11.0. The summed E-state index contributed by atoms with van der Waals surface area (Å²) in [5.41, 5.74) is 1.65. The van der Waals surface area contributed by atoms with Crippen LogP contribution in [0, 0.1) is 6.92 Å². The van der Waals surface area contributed by atoms with Gasteiger partial charge in [-0.1, -0.05) is 0 Å². The lowest BCUT2D eigenvalue weighted by Crippen LogP contribution is -2.18. The molecule has 0 aliphatic rings. The Morgan fingerprint density at radius 3 is 2.81 bits per heavy atom. The first-order valence-corrected chi connectivity index (χ1v) is 8.11. The molecule has 3 heterocycles. The number of carbonyl (C=O) groups excluding carboxylic acids is 1. The van der Waals surface area contributed by atoms with E-state index in [0.717, 1.165) is 0 Å². The molecule has 0 spiro atoms. The van der Waals surface area contributed by atoms with E-state index in [1.165, 1.54) is 23.0 Å². The van der Waals surface area contributed by atoms with Crippen molar-refractivity contribution in [3.63, 3.8) is 0 Å². The van der Waals surface area contributed by atoms with E-state index in [0.29, 0.717) is 39.3 Å². The van der Waals surface area contributed by atoms with Crippen LogP contribution in [-0.4, -0.2) is 33.6 Å². The molecule has 4 rings (SSSR count). The molecule has 0 saturated carbocycles. The van der Waals surface area contributed by atoms with E-state index in [1.807, 2.05) is 0 Å². The zero-order valence-corrected chi connectivity index (χ0v) is 14.5. The Kier molecular flexibility index (Phi) is 3.80. The summed E-state index contributed by atoms with van der Waals surface area (Å²) >= 11 is 0. The Balaban J connectivity index is 1.75. The Labute approximate surface area is 153 Å². The minimum absolute atomic E-state index is 0.117. The molecular weight excluding hydrogens is 350 g/mol. The van der Waals surface area contributed by atoms with E-state index >= 15 is 0 Å². The molecule has 0 unspecified atom stereocenters. The second kappa shape index (κ2) is 6.17. The lowest BCUT2D eigenvalue weighted by molar-refractivity contribution is 0.0696. The van der Waals surface area contributed by atoms with Gasteiger partial charge in [0.05, 0.1) is 17.3 Å². The van der Waals surface area contributed by atoms with Gasteiger partial charge >= 0.3 is 5.97 Å². The molecule has 0 saturated heterocycles. The largest absolute Gasteiger partial charge is 0.478 e. The number of aromatic nitrogens is 2. The summed E-state index contributed by atoms with van der Waals surface area (Å²) in [6.45, 7) is 1.73. The first-order chi connectivity index (χ1) is 13.0. The molecule has 2 N–H and O–H groups in total. The quantitative estimate of drug-likeness (QED) is 0.575. The fourth-order valence-electron chi connectivity index (χ4n) is 2.99. The number of rotatable bonds is 4. The van der Waals surface area contributed by atoms with Crippen LogP contribution < -0.4 is 10.1 Å². The van der Waals surface area contributed by atoms with Gasteiger partial charge in [0.2, 0.25) is 0 Å². The number of amides is 1. The van der Waals surface area contributed by atoms with Crippen molar-refractivity contribution in [2.45, 2.75) is 6.92 Å². The van der Waals surface area contributed by atoms with Crippen molar-refractivity contribution in [1.82, 2.24) is 14.9 Å². The molecule has 8 heteroatoms. The minimum Gasteiger partial charge on any atom is -0.478 e. The topological polar surface area (TPSA) is 106 Å². The number of benzene rings is 1. The van der Waals surface area contributed by atoms with Crippen LogP contribution in [0.5, 0.6) is 11.5 Å². The Morgan fingerprint density at radius 1 is 1.26 bits per heavy atom. The maximum absolute atomic E-state index is 12.0. The average molecular weight is 365 g/mol. The number of nitrogens with zero attached hydrogens (tertiary/aromatic N) is 2. The molecule has 3 aromatic heterocycles. The number of hydrogen-bond donors (Lipinski definition) is 2. The van der Waals surface area contributed by atoms with Crippen LogP contribution in [-0.2, 0) is 0 Å². The highest BCUT2D eigenvalue weighted by molar-refractivity contribution is 6.07. The minimum atomic E-state index is -1.04. The Bertz CT molecular complexity index is 1200. The maximum Gasteiger partial charge on any atom is 0.337 e. The SMILES string of the molecule is CNC(=O)c1c(C)oc2cc(Oc3ccnn4cc(C(=O)O)cc34)ccc12. The van der Waals surface area contributed by atoms with E-state index in [4.69, 9.17) is 14.3 Å². The summed E-state index contributed by atoms with van der Waals surface area (Å²) in [4.78, 5) is 23.2. The number of carbonyl (C=O) groups is 2. The van der Waals surface area contributed by atoms with Gasteiger partial charge in [-0.25, -0.2) is 9.31 Å². The van der Waals surface area contributed by atoms with Crippen LogP contribution in [0.4, 0.5) is 0 Å². The third-order valence-electron chi connectivity index (χ3n) is 4.24. The van der Waals surface area contributed by atoms with E-state index < -0.39 is 5.97 Å². The lowest BCUT2D eigenvalue weighted by Gasteiger charge is -2.07. The zero-order valence-electron chi connectivity index (χ0n) is 14.5. The lowest BCUT2D eigenvalue weighted by atomic mass is 10.1. The number of hydrogen-bond acceptors (Lipinski definition) is 5. The molecule has 0 aliphatic carbocycles. The molecule has 0 fully saturated rings. The number of carboxylic acids is 1. The molecule has 4 aromatic rings. The van der Waals surface area contributed by atoms with E-state index in [9.17, 15) is 9.59 Å². The highest BCUT2D eigenvalue weighted by Gasteiger charge is 2.18. The molecule has 0 radical (unpaired) electrons. The maximum atomic E-state index is 12.0. The van der Waals surface area contributed by atoms with Crippen molar-refractivity contribution in [3.05, 3.63) is 59.6 Å². The highest BCUT2D eigenvalue weighted by atomic mass is 16.5. The van der Waals surface area contributed by atoms with Crippen LogP contribution in [0.15, 0.2) is 47.1 Å². The first-order valence-electron chi connectivity index (χ1n) is 8.11. The molecule has 136 valence electrons.